The van der Waals surface area contributed by atoms with Gasteiger partial charge >= 0.3 is 0 Å². The minimum atomic E-state index is -0.432. The number of rotatable bonds is 4. The highest BCUT2D eigenvalue weighted by Crippen LogP contribution is 2.51. The van der Waals surface area contributed by atoms with E-state index in [-0.39, 0.29) is 17.3 Å². The van der Waals surface area contributed by atoms with Crippen molar-refractivity contribution in [3.63, 3.8) is 0 Å². The second-order valence-electron chi connectivity index (χ2n) is 8.81. The molecule has 3 heterocycles. The first-order chi connectivity index (χ1) is 16.3. The van der Waals surface area contributed by atoms with Gasteiger partial charge in [-0.15, -0.1) is 0 Å². The molecule has 1 aliphatic carbocycles. The van der Waals surface area contributed by atoms with Gasteiger partial charge < -0.3 is 27.8 Å². The van der Waals surface area contributed by atoms with Crippen molar-refractivity contribution in [1.29, 1.82) is 0 Å². The topological polar surface area (TPSA) is 163 Å². The van der Waals surface area contributed by atoms with Crippen LogP contribution in [0.2, 0.25) is 5.02 Å². The Morgan fingerprint density at radius 1 is 1.15 bits per heavy atom. The van der Waals surface area contributed by atoms with Gasteiger partial charge in [-0.05, 0) is 54.0 Å². The lowest BCUT2D eigenvalue weighted by Crippen LogP contribution is -2.44. The third-order valence-corrected chi connectivity index (χ3v) is 8.47. The van der Waals surface area contributed by atoms with Crippen LogP contribution in [0, 0.1) is 5.41 Å². The van der Waals surface area contributed by atoms with Gasteiger partial charge in [-0.2, -0.15) is 0 Å². The van der Waals surface area contributed by atoms with Gasteiger partial charge in [0.25, 0.3) is 0 Å². The van der Waals surface area contributed by atoms with E-state index in [1.807, 2.05) is 12.1 Å². The minimum absolute atomic E-state index is 0.0398. The van der Waals surface area contributed by atoms with Crippen molar-refractivity contribution in [1.82, 2.24) is 15.0 Å². The zero-order valence-electron chi connectivity index (χ0n) is 18.4. The molecule has 0 bridgehead atoms. The fourth-order valence-corrected chi connectivity index (χ4v) is 5.94. The number of aromatic nitrogens is 3. The molecule has 9 nitrogen and oxygen atoms in total. The minimum Gasteiger partial charge on any atom is -0.382 e. The number of nitrogen functional groups attached to an aromatic ring is 2. The molecule has 1 amide bonds. The molecule has 3 aromatic rings. The molecule has 0 unspecified atom stereocenters. The van der Waals surface area contributed by atoms with E-state index in [0.29, 0.717) is 21.4 Å². The Bertz CT molecular complexity index is 1280. The summed E-state index contributed by atoms with van der Waals surface area (Å²) in [6.07, 6.45) is 6.02. The lowest BCUT2D eigenvalue weighted by atomic mass is 9.73. The van der Waals surface area contributed by atoms with Crippen LogP contribution in [0.5, 0.6) is 0 Å². The van der Waals surface area contributed by atoms with Gasteiger partial charge in [-0.3, -0.25) is 4.79 Å². The monoisotopic (exact) mass is 496 g/mol. The zero-order chi connectivity index (χ0) is 24.0. The molecule has 1 saturated heterocycles. The number of anilines is 3. The van der Waals surface area contributed by atoms with Crippen LogP contribution in [0.1, 0.15) is 40.4 Å². The average molecular weight is 497 g/mol. The van der Waals surface area contributed by atoms with Crippen molar-refractivity contribution >= 4 is 46.7 Å². The number of halogens is 1. The Labute approximate surface area is 206 Å². The van der Waals surface area contributed by atoms with Crippen LogP contribution < -0.4 is 27.8 Å². The molecule has 176 valence electrons. The maximum absolute atomic E-state index is 11.6. The quantitative estimate of drug-likeness (QED) is 0.425. The van der Waals surface area contributed by atoms with Gasteiger partial charge in [0.15, 0.2) is 5.82 Å². The van der Waals surface area contributed by atoms with Crippen molar-refractivity contribution in [2.75, 3.05) is 29.5 Å². The molecule has 2 aromatic heterocycles. The van der Waals surface area contributed by atoms with Crippen molar-refractivity contribution in [2.45, 2.75) is 35.2 Å². The van der Waals surface area contributed by atoms with E-state index >= 15 is 0 Å². The predicted octanol–water partition coefficient (Wildman–Crippen LogP) is 2.78. The molecule has 1 spiro atoms. The molecule has 1 fully saturated rings. The van der Waals surface area contributed by atoms with E-state index < -0.39 is 5.91 Å². The number of carbonyl (C=O) groups excluding carboxylic acids is 1. The lowest BCUT2D eigenvalue weighted by Gasteiger charge is -2.42. The first-order valence-corrected chi connectivity index (χ1v) is 12.1. The molecule has 0 radical (unpaired) electrons. The highest BCUT2D eigenvalue weighted by Gasteiger charge is 2.46. The summed E-state index contributed by atoms with van der Waals surface area (Å²) in [5, 5.41) is 0.930. The van der Waals surface area contributed by atoms with Crippen molar-refractivity contribution in [3.05, 3.63) is 58.4 Å². The SMILES string of the molecule is NC(=O)c1ccc2c(c1)[C@@H](N)C1(CCN(c3cnc(Sc4ccnc(N)c4Cl)c(N)n3)CC1)C2. The van der Waals surface area contributed by atoms with E-state index in [9.17, 15) is 4.79 Å². The first kappa shape index (κ1) is 22.7. The second kappa shape index (κ2) is 8.61. The average Bonchev–Trinajstić information content (AvgIpc) is 3.09. The fourth-order valence-electron chi connectivity index (χ4n) is 4.92. The number of pyridine rings is 1. The van der Waals surface area contributed by atoms with Gasteiger partial charge in [0, 0.05) is 35.8 Å². The van der Waals surface area contributed by atoms with Gasteiger partial charge in [-0.25, -0.2) is 15.0 Å². The Kier molecular flexibility index (Phi) is 5.75. The number of hydrogen-bond acceptors (Lipinski definition) is 9. The maximum Gasteiger partial charge on any atom is 0.248 e. The fraction of sp³-hybridized carbons (Fsp3) is 0.304. The number of carbonyl (C=O) groups is 1. The highest BCUT2D eigenvalue weighted by molar-refractivity contribution is 7.99. The number of hydrogen-bond donors (Lipinski definition) is 4. The number of nitrogens with two attached hydrogens (primary N) is 4. The molecular formula is C23H25ClN8OS. The van der Waals surface area contributed by atoms with Crippen molar-refractivity contribution in [2.24, 2.45) is 16.9 Å². The van der Waals surface area contributed by atoms with Crippen LogP contribution >= 0.6 is 23.4 Å². The molecule has 5 rings (SSSR count). The summed E-state index contributed by atoms with van der Waals surface area (Å²) >= 11 is 7.54. The number of primary amides is 1. The van der Waals surface area contributed by atoms with Gasteiger partial charge in [0.05, 0.1) is 11.2 Å². The largest absolute Gasteiger partial charge is 0.382 e. The third-order valence-electron chi connectivity index (χ3n) is 6.89. The van der Waals surface area contributed by atoms with Crippen LogP contribution in [0.4, 0.5) is 17.5 Å². The molecule has 0 saturated carbocycles. The lowest BCUT2D eigenvalue weighted by molar-refractivity contribution is 0.1000. The van der Waals surface area contributed by atoms with Crippen molar-refractivity contribution < 1.29 is 4.79 Å². The number of nitrogens with zero attached hydrogens (tertiary/aromatic N) is 4. The molecule has 8 N–H and O–H groups in total. The van der Waals surface area contributed by atoms with Crippen LogP contribution in [-0.2, 0) is 6.42 Å². The third kappa shape index (κ3) is 3.91. The summed E-state index contributed by atoms with van der Waals surface area (Å²) in [6.45, 7) is 1.58. The Morgan fingerprint density at radius 3 is 2.62 bits per heavy atom. The molecule has 1 atom stereocenters. The van der Waals surface area contributed by atoms with Gasteiger partial charge in [0.1, 0.15) is 16.7 Å². The van der Waals surface area contributed by atoms with Gasteiger partial charge in [0.2, 0.25) is 5.91 Å². The smallest absolute Gasteiger partial charge is 0.248 e. The molecule has 34 heavy (non-hydrogen) atoms. The summed E-state index contributed by atoms with van der Waals surface area (Å²) in [6, 6.07) is 7.26. The van der Waals surface area contributed by atoms with Crippen LogP contribution in [-0.4, -0.2) is 33.9 Å². The summed E-state index contributed by atoms with van der Waals surface area (Å²) < 4.78 is 0. The summed E-state index contributed by atoms with van der Waals surface area (Å²) in [5.41, 5.74) is 26.9. The predicted molar refractivity (Wildman–Crippen MR) is 134 cm³/mol. The molecule has 11 heteroatoms. The number of piperidine rings is 1. The van der Waals surface area contributed by atoms with Crippen LogP contribution in [0.15, 0.2) is 46.6 Å². The number of benzene rings is 1. The van der Waals surface area contributed by atoms with E-state index in [4.69, 9.17) is 34.5 Å². The highest BCUT2D eigenvalue weighted by atomic mass is 35.5. The standard InChI is InChI=1S/C23H25ClN8OS/c24-17-15(3-6-29-19(17)26)34-22-20(27)31-16(11-30-22)32-7-4-23(5-8-32)10-13-2-1-12(21(28)33)9-14(13)18(23)25/h1-3,6,9,11,18H,4-5,7-8,10,25H2,(H2,26,29)(H2,27,31)(H2,28,33)/t18-/m1/s1. The molecule has 1 aromatic carbocycles. The van der Waals surface area contributed by atoms with E-state index in [1.54, 1.807) is 24.5 Å². The normalized spacial score (nSPS) is 18.8. The number of amides is 1. The first-order valence-electron chi connectivity index (χ1n) is 10.9. The summed E-state index contributed by atoms with van der Waals surface area (Å²) in [4.78, 5) is 27.6. The number of fused-ring (bicyclic) bond motifs is 1. The Morgan fingerprint density at radius 2 is 1.91 bits per heavy atom. The van der Waals surface area contributed by atoms with E-state index in [2.05, 4.69) is 19.9 Å². The van der Waals surface area contributed by atoms with Crippen LogP contribution in [0.25, 0.3) is 0 Å². The molecule has 2 aliphatic rings. The maximum atomic E-state index is 11.6. The zero-order valence-corrected chi connectivity index (χ0v) is 19.9. The summed E-state index contributed by atoms with van der Waals surface area (Å²) in [7, 11) is 0. The van der Waals surface area contributed by atoms with Crippen molar-refractivity contribution in [3.8, 4) is 0 Å². The molecule has 1 aliphatic heterocycles. The van der Waals surface area contributed by atoms with Crippen LogP contribution in [0.3, 0.4) is 0 Å². The Balaban J connectivity index is 1.29. The molecular weight excluding hydrogens is 472 g/mol. The second-order valence-corrected chi connectivity index (χ2v) is 10.2. The van der Waals surface area contributed by atoms with Gasteiger partial charge in [-0.1, -0.05) is 29.4 Å². The van der Waals surface area contributed by atoms with E-state index in [1.165, 1.54) is 17.3 Å². The summed E-state index contributed by atoms with van der Waals surface area (Å²) in [5.74, 6) is 0.892. The Hall–Kier alpha value is -3.08. The van der Waals surface area contributed by atoms with E-state index in [0.717, 1.165) is 48.6 Å².